The Morgan fingerprint density at radius 2 is 1.83 bits per heavy atom. The average Bonchev–Trinajstić information content (AvgIpc) is 3.14. The topological polar surface area (TPSA) is 58.7 Å². The van der Waals surface area contributed by atoms with Crippen LogP contribution in [0, 0.1) is 5.82 Å². The number of nitrogens with one attached hydrogen (secondary N) is 3. The highest BCUT2D eigenvalue weighted by Gasteiger charge is 2.14. The third kappa shape index (κ3) is 7.39. The number of guanidine groups is 1. The van der Waals surface area contributed by atoms with Gasteiger partial charge in [0.15, 0.2) is 5.96 Å². The van der Waals surface area contributed by atoms with E-state index in [0.29, 0.717) is 0 Å². The Hall–Kier alpha value is -1.39. The second-order valence-corrected chi connectivity index (χ2v) is 7.66. The summed E-state index contributed by atoms with van der Waals surface area (Å²) in [6, 6.07) is 4.86. The van der Waals surface area contributed by atoms with Crippen molar-refractivity contribution in [3.8, 4) is 0 Å². The van der Waals surface area contributed by atoms with Gasteiger partial charge in [-0.3, -0.25) is 4.99 Å². The van der Waals surface area contributed by atoms with E-state index in [1.165, 1.54) is 51.8 Å². The van der Waals surface area contributed by atoms with Crippen LogP contribution in [0.25, 0.3) is 10.9 Å². The summed E-state index contributed by atoms with van der Waals surface area (Å²) in [5.41, 5.74) is 2.09. The summed E-state index contributed by atoms with van der Waals surface area (Å²) in [5, 5.41) is 7.70. The highest BCUT2D eigenvalue weighted by atomic mass is 127. The van der Waals surface area contributed by atoms with Gasteiger partial charge >= 0.3 is 0 Å². The predicted octanol–water partition coefficient (Wildman–Crippen LogP) is 3.05. The van der Waals surface area contributed by atoms with E-state index in [4.69, 9.17) is 0 Å². The number of H-pyrrole nitrogens is 1. The van der Waals surface area contributed by atoms with Crippen molar-refractivity contribution in [2.75, 3.05) is 59.4 Å². The smallest absolute Gasteiger partial charge is 0.190 e. The maximum atomic E-state index is 13.5. The third-order valence-corrected chi connectivity index (χ3v) is 5.75. The number of hydrogen-bond acceptors (Lipinski definition) is 3. The fourth-order valence-electron chi connectivity index (χ4n) is 3.89. The van der Waals surface area contributed by atoms with Gasteiger partial charge in [0, 0.05) is 63.4 Å². The van der Waals surface area contributed by atoms with Crippen molar-refractivity contribution in [1.82, 2.24) is 25.4 Å². The summed E-state index contributed by atoms with van der Waals surface area (Å²) < 4.78 is 13.5. The second kappa shape index (κ2) is 13.1. The van der Waals surface area contributed by atoms with Gasteiger partial charge in [-0.15, -0.1) is 24.0 Å². The molecule has 0 unspecified atom stereocenters. The van der Waals surface area contributed by atoms with E-state index in [9.17, 15) is 4.39 Å². The molecule has 30 heavy (non-hydrogen) atoms. The average molecular weight is 530 g/mol. The molecule has 1 fully saturated rings. The number of piperazine rings is 1. The molecule has 6 nitrogen and oxygen atoms in total. The number of benzene rings is 1. The highest BCUT2D eigenvalue weighted by molar-refractivity contribution is 14.0. The molecule has 1 aliphatic rings. The Balaban J connectivity index is 0.00000320. The first-order valence-electron chi connectivity index (χ1n) is 10.8. The van der Waals surface area contributed by atoms with E-state index in [1.54, 1.807) is 19.2 Å². The zero-order valence-electron chi connectivity index (χ0n) is 18.2. The highest BCUT2D eigenvalue weighted by Crippen LogP contribution is 2.19. The second-order valence-electron chi connectivity index (χ2n) is 7.66. The predicted molar refractivity (Wildman–Crippen MR) is 135 cm³/mol. The molecule has 8 heteroatoms. The van der Waals surface area contributed by atoms with Gasteiger partial charge in [0.2, 0.25) is 0 Å². The minimum absolute atomic E-state index is 0. The first-order valence-corrected chi connectivity index (χ1v) is 10.8. The molecule has 1 saturated heterocycles. The van der Waals surface area contributed by atoms with Crippen molar-refractivity contribution in [3.05, 3.63) is 35.8 Å². The lowest BCUT2D eigenvalue weighted by Gasteiger charge is -2.34. The van der Waals surface area contributed by atoms with E-state index in [-0.39, 0.29) is 29.8 Å². The molecule has 0 saturated carbocycles. The van der Waals surface area contributed by atoms with Crippen molar-refractivity contribution in [2.45, 2.75) is 26.2 Å². The first-order chi connectivity index (χ1) is 14.2. The van der Waals surface area contributed by atoms with Crippen LogP contribution in [0.4, 0.5) is 4.39 Å². The van der Waals surface area contributed by atoms with Crippen LogP contribution in [0.2, 0.25) is 0 Å². The molecule has 0 aliphatic carbocycles. The van der Waals surface area contributed by atoms with Gasteiger partial charge in [0.1, 0.15) is 5.82 Å². The molecule has 3 rings (SSSR count). The van der Waals surface area contributed by atoms with Gasteiger partial charge in [-0.2, -0.15) is 0 Å². The standard InChI is InChI=1S/C22H35FN6.HI/c1-3-28-12-14-29(15-13-28)11-5-4-9-25-22(24-2)26-10-8-18-17-27-21-7-6-19(23)16-20(18)21;/h6-7,16-17,27H,3-5,8-15H2,1-2H3,(H2,24,25,26);1H. The van der Waals surface area contributed by atoms with E-state index >= 15 is 0 Å². The molecule has 3 N–H and O–H groups in total. The minimum Gasteiger partial charge on any atom is -0.361 e. The molecule has 2 heterocycles. The molecule has 0 bridgehead atoms. The number of aromatic amines is 1. The maximum absolute atomic E-state index is 13.5. The van der Waals surface area contributed by atoms with Gasteiger partial charge in [-0.1, -0.05) is 6.92 Å². The van der Waals surface area contributed by atoms with Crippen molar-refractivity contribution in [2.24, 2.45) is 4.99 Å². The lowest BCUT2D eigenvalue weighted by molar-refractivity contribution is 0.136. The molecule has 0 atom stereocenters. The van der Waals surface area contributed by atoms with Crippen LogP contribution in [0.5, 0.6) is 0 Å². The van der Waals surface area contributed by atoms with Crippen LogP contribution in [0.1, 0.15) is 25.3 Å². The number of aromatic nitrogens is 1. The van der Waals surface area contributed by atoms with E-state index in [0.717, 1.165) is 48.4 Å². The van der Waals surface area contributed by atoms with Crippen LogP contribution >= 0.6 is 24.0 Å². The van der Waals surface area contributed by atoms with Gasteiger partial charge in [-0.25, -0.2) is 4.39 Å². The van der Waals surface area contributed by atoms with Crippen molar-refractivity contribution in [1.29, 1.82) is 0 Å². The number of rotatable bonds is 9. The Morgan fingerprint density at radius 1 is 1.10 bits per heavy atom. The summed E-state index contributed by atoms with van der Waals surface area (Å²) in [5.74, 6) is 0.628. The van der Waals surface area contributed by atoms with Crippen LogP contribution in [0.3, 0.4) is 0 Å². The zero-order valence-corrected chi connectivity index (χ0v) is 20.5. The molecule has 1 aromatic heterocycles. The van der Waals surface area contributed by atoms with Crippen LogP contribution in [-0.4, -0.2) is 80.1 Å². The SMILES string of the molecule is CCN1CCN(CCCCNC(=NC)NCCc2c[nH]c3ccc(F)cc23)CC1.I. The molecular formula is C22H36FIN6. The van der Waals surface area contributed by atoms with E-state index in [2.05, 4.69) is 37.3 Å². The van der Waals surface area contributed by atoms with Gasteiger partial charge in [0.05, 0.1) is 0 Å². The Morgan fingerprint density at radius 3 is 2.57 bits per heavy atom. The van der Waals surface area contributed by atoms with Crippen molar-refractivity contribution >= 4 is 40.8 Å². The van der Waals surface area contributed by atoms with Crippen LogP contribution in [0.15, 0.2) is 29.4 Å². The monoisotopic (exact) mass is 530 g/mol. The molecule has 0 radical (unpaired) electrons. The minimum atomic E-state index is -0.198. The lowest BCUT2D eigenvalue weighted by atomic mass is 10.1. The normalized spacial score (nSPS) is 15.9. The number of aliphatic imine (C=N–C) groups is 1. The van der Waals surface area contributed by atoms with Crippen LogP contribution in [-0.2, 0) is 6.42 Å². The zero-order chi connectivity index (χ0) is 20.5. The molecule has 168 valence electrons. The maximum Gasteiger partial charge on any atom is 0.190 e. The largest absolute Gasteiger partial charge is 0.361 e. The summed E-state index contributed by atoms with van der Waals surface area (Å²) >= 11 is 0. The fourth-order valence-corrected chi connectivity index (χ4v) is 3.89. The Kier molecular flexibility index (Phi) is 10.9. The molecule has 0 amide bonds. The number of unbranched alkanes of at least 4 members (excludes halogenated alkanes) is 1. The summed E-state index contributed by atoms with van der Waals surface area (Å²) in [4.78, 5) is 12.6. The van der Waals surface area contributed by atoms with Gasteiger partial charge in [-0.05, 0) is 56.1 Å². The number of fused-ring (bicyclic) bond motifs is 1. The van der Waals surface area contributed by atoms with Gasteiger partial charge in [0.25, 0.3) is 0 Å². The molecule has 0 spiro atoms. The van der Waals surface area contributed by atoms with Crippen molar-refractivity contribution in [3.63, 3.8) is 0 Å². The Bertz CT molecular complexity index is 785. The summed E-state index contributed by atoms with van der Waals surface area (Å²) in [6.07, 6.45) is 5.11. The van der Waals surface area contributed by atoms with E-state index < -0.39 is 0 Å². The number of likely N-dealkylation sites (N-methyl/N-ethyl adjacent to an activating group) is 1. The molecular weight excluding hydrogens is 494 g/mol. The van der Waals surface area contributed by atoms with Gasteiger partial charge < -0.3 is 25.4 Å². The lowest BCUT2D eigenvalue weighted by Crippen LogP contribution is -2.46. The number of hydrogen-bond donors (Lipinski definition) is 3. The summed E-state index contributed by atoms with van der Waals surface area (Å²) in [7, 11) is 1.80. The molecule has 1 aliphatic heterocycles. The first kappa shape index (κ1) is 24.9. The van der Waals surface area contributed by atoms with Crippen LogP contribution < -0.4 is 10.6 Å². The third-order valence-electron chi connectivity index (χ3n) is 5.75. The molecule has 2 aromatic rings. The number of halogens is 2. The Labute approximate surface area is 196 Å². The fraction of sp³-hybridized carbons (Fsp3) is 0.591. The molecule has 1 aromatic carbocycles. The van der Waals surface area contributed by atoms with E-state index in [1.807, 2.05) is 6.20 Å². The summed E-state index contributed by atoms with van der Waals surface area (Å²) in [6.45, 7) is 11.1. The van der Waals surface area contributed by atoms with Crippen molar-refractivity contribution < 1.29 is 4.39 Å². The quantitative estimate of drug-likeness (QED) is 0.202. The number of nitrogens with zero attached hydrogens (tertiary/aromatic N) is 3.